The van der Waals surface area contributed by atoms with Crippen LogP contribution in [0.2, 0.25) is 0 Å². The van der Waals surface area contributed by atoms with Crippen LogP contribution in [-0.4, -0.2) is 56.9 Å². The number of pyridine rings is 2. The van der Waals surface area contributed by atoms with Gasteiger partial charge in [0.25, 0.3) is 11.8 Å². The minimum atomic E-state index is -1.81. The van der Waals surface area contributed by atoms with Crippen molar-refractivity contribution in [2.75, 3.05) is 29.1 Å². The number of carbonyl (C=O) groups excluding carboxylic acids is 2. The molecule has 0 bridgehead atoms. The highest BCUT2D eigenvalue weighted by Gasteiger charge is 2.50. The second kappa shape index (κ2) is 7.80. The fourth-order valence-electron chi connectivity index (χ4n) is 3.80. The first kappa shape index (κ1) is 20.8. The number of aliphatic hydroxyl groups excluding tert-OH is 1. The molecule has 0 spiro atoms. The van der Waals surface area contributed by atoms with Gasteiger partial charge in [-0.05, 0) is 37.3 Å². The number of hydrogen-bond acceptors (Lipinski definition) is 9. The topological polar surface area (TPSA) is 157 Å². The summed E-state index contributed by atoms with van der Waals surface area (Å²) in [5.74, 6) is -0.772. The number of nitrogen functional groups attached to an aromatic ring is 1. The zero-order chi connectivity index (χ0) is 23.2. The van der Waals surface area contributed by atoms with Gasteiger partial charge in [0.1, 0.15) is 5.82 Å². The summed E-state index contributed by atoms with van der Waals surface area (Å²) in [6.07, 6.45) is 1.47. The quantitative estimate of drug-likeness (QED) is 0.420. The van der Waals surface area contributed by atoms with Crippen LogP contribution in [-0.2, 0) is 14.3 Å². The fraction of sp³-hybridized carbons (Fsp3) is 0.227. The van der Waals surface area contributed by atoms with Crippen molar-refractivity contribution in [3.63, 3.8) is 0 Å². The molecule has 4 heterocycles. The normalized spacial score (nSPS) is 19.7. The maximum absolute atomic E-state index is 13.3. The second-order valence-corrected chi connectivity index (χ2v) is 7.82. The molecule has 33 heavy (non-hydrogen) atoms. The molecule has 4 aromatic rings. The zero-order valence-electron chi connectivity index (χ0n) is 17.6. The van der Waals surface area contributed by atoms with Gasteiger partial charge in [0.2, 0.25) is 0 Å². The fourth-order valence-corrected chi connectivity index (χ4v) is 3.80. The number of ether oxygens (including phenoxy) is 1. The molecule has 11 heteroatoms. The Labute approximate surface area is 187 Å². The van der Waals surface area contributed by atoms with Gasteiger partial charge >= 0.3 is 0 Å². The van der Waals surface area contributed by atoms with Gasteiger partial charge in [-0.15, -0.1) is 0 Å². The van der Waals surface area contributed by atoms with Crippen LogP contribution >= 0.6 is 0 Å². The molecular formula is C22H20N6O5. The lowest BCUT2D eigenvalue weighted by atomic mass is 9.94. The highest BCUT2D eigenvalue weighted by atomic mass is 16.5. The molecule has 3 aromatic heterocycles. The number of nitrogens with two attached hydrogens (primary N) is 1. The molecule has 2 amide bonds. The molecule has 1 aliphatic rings. The lowest BCUT2D eigenvalue weighted by Gasteiger charge is -2.40. The molecule has 0 saturated carbocycles. The van der Waals surface area contributed by atoms with E-state index in [1.807, 2.05) is 12.1 Å². The molecule has 168 valence electrons. The van der Waals surface area contributed by atoms with Crippen LogP contribution in [0.5, 0.6) is 0 Å². The molecule has 0 aliphatic carbocycles. The molecule has 1 saturated heterocycles. The molecular weight excluding hydrogens is 428 g/mol. The number of aromatic nitrogens is 3. The molecule has 1 aromatic carbocycles. The Bertz CT molecular complexity index is 1390. The number of benzene rings is 1. The Morgan fingerprint density at radius 2 is 2.15 bits per heavy atom. The first-order chi connectivity index (χ1) is 15.9. The molecule has 5 rings (SSSR count). The summed E-state index contributed by atoms with van der Waals surface area (Å²) in [5, 5.41) is 18.5. The predicted molar refractivity (Wildman–Crippen MR) is 119 cm³/mol. The number of nitrogens with zero attached hydrogens (tertiary/aromatic N) is 4. The summed E-state index contributed by atoms with van der Waals surface area (Å²) >= 11 is 0. The predicted octanol–water partition coefficient (Wildman–Crippen LogP) is 1.47. The van der Waals surface area contributed by atoms with E-state index in [4.69, 9.17) is 15.0 Å². The number of carbonyl (C=O) groups is 2. The van der Waals surface area contributed by atoms with Crippen molar-refractivity contribution in [1.29, 1.82) is 0 Å². The Morgan fingerprint density at radius 3 is 3.00 bits per heavy atom. The Morgan fingerprint density at radius 1 is 1.30 bits per heavy atom. The first-order valence-electron chi connectivity index (χ1n) is 10.2. The largest absolute Gasteiger partial charge is 0.380 e. The summed E-state index contributed by atoms with van der Waals surface area (Å²) in [4.78, 5) is 36.1. The van der Waals surface area contributed by atoms with Crippen LogP contribution in [0.25, 0.3) is 21.9 Å². The Hall–Kier alpha value is -4.09. The average Bonchev–Trinajstić information content (AvgIpc) is 3.20. The van der Waals surface area contributed by atoms with E-state index >= 15 is 0 Å². The second-order valence-electron chi connectivity index (χ2n) is 7.82. The minimum Gasteiger partial charge on any atom is -0.380 e. The van der Waals surface area contributed by atoms with Crippen LogP contribution in [0, 0.1) is 0 Å². The van der Waals surface area contributed by atoms with Crippen molar-refractivity contribution < 1.29 is 24.0 Å². The van der Waals surface area contributed by atoms with Crippen molar-refractivity contribution >= 4 is 51.0 Å². The van der Waals surface area contributed by atoms with Gasteiger partial charge in [0.15, 0.2) is 23.1 Å². The summed E-state index contributed by atoms with van der Waals surface area (Å²) in [6.45, 7) is 1.72. The van der Waals surface area contributed by atoms with Crippen LogP contribution in [0.15, 0.2) is 53.3 Å². The van der Waals surface area contributed by atoms with E-state index < -0.39 is 23.5 Å². The van der Waals surface area contributed by atoms with Gasteiger partial charge in [-0.25, -0.2) is 4.98 Å². The third-order valence-electron chi connectivity index (χ3n) is 5.68. The number of aliphatic hydroxyl groups is 1. The number of morpholine rings is 1. The number of anilines is 3. The summed E-state index contributed by atoms with van der Waals surface area (Å²) in [7, 11) is 0. The third kappa shape index (κ3) is 3.52. The van der Waals surface area contributed by atoms with Gasteiger partial charge < -0.3 is 25.4 Å². The minimum absolute atomic E-state index is 0.114. The Balaban J connectivity index is 1.37. The van der Waals surface area contributed by atoms with E-state index in [9.17, 15) is 14.7 Å². The highest BCUT2D eigenvalue weighted by molar-refractivity contribution is 6.06. The standard InChI is InChI=1S/C22H20N6O5/c1-22(18(29)20(30)25-13-3-4-14-16(10-13)33-27-19(14)23)21(31)28(8-9-32-22)17-5-2-12-6-7-24-11-15(12)26-17/h2-7,10-11,18,29H,8-9H2,1H3,(H2,23,27)(H,25,30)/t18-,22+/m0/s1. The molecule has 11 nitrogen and oxygen atoms in total. The van der Waals surface area contributed by atoms with Crippen LogP contribution in [0.1, 0.15) is 6.92 Å². The third-order valence-corrected chi connectivity index (χ3v) is 5.68. The van der Waals surface area contributed by atoms with Crippen molar-refractivity contribution in [3.05, 3.63) is 48.8 Å². The van der Waals surface area contributed by atoms with Crippen LogP contribution in [0.4, 0.5) is 17.3 Å². The van der Waals surface area contributed by atoms with Gasteiger partial charge in [-0.3, -0.25) is 19.5 Å². The first-order valence-corrected chi connectivity index (χ1v) is 10.2. The van der Waals surface area contributed by atoms with Gasteiger partial charge in [-0.1, -0.05) is 5.16 Å². The number of rotatable bonds is 4. The van der Waals surface area contributed by atoms with E-state index in [1.54, 1.807) is 30.6 Å². The SMILES string of the molecule is C[C@]1([C@@H](O)C(=O)Nc2ccc3c(N)noc3c2)OCCN(c2ccc3ccncc3n2)C1=O. The summed E-state index contributed by atoms with van der Waals surface area (Å²) in [6, 6.07) is 10.1. The lowest BCUT2D eigenvalue weighted by molar-refractivity contribution is -0.170. The van der Waals surface area contributed by atoms with Crippen molar-refractivity contribution in [2.24, 2.45) is 0 Å². The number of nitrogens with one attached hydrogen (secondary N) is 1. The number of amides is 2. The Kier molecular flexibility index (Phi) is 4.91. The monoisotopic (exact) mass is 448 g/mol. The van der Waals surface area contributed by atoms with Crippen molar-refractivity contribution in [1.82, 2.24) is 15.1 Å². The molecule has 0 radical (unpaired) electrons. The molecule has 0 unspecified atom stereocenters. The van der Waals surface area contributed by atoms with Crippen LogP contribution in [0.3, 0.4) is 0 Å². The lowest BCUT2D eigenvalue weighted by Crippen LogP contribution is -2.63. The van der Waals surface area contributed by atoms with E-state index in [1.165, 1.54) is 17.9 Å². The smallest absolute Gasteiger partial charge is 0.263 e. The van der Waals surface area contributed by atoms with E-state index in [2.05, 4.69) is 20.4 Å². The van der Waals surface area contributed by atoms with Gasteiger partial charge in [0.05, 0.1) is 30.3 Å². The molecule has 1 fully saturated rings. The highest BCUT2D eigenvalue weighted by Crippen LogP contribution is 2.29. The van der Waals surface area contributed by atoms with Gasteiger partial charge in [0, 0.05) is 23.3 Å². The van der Waals surface area contributed by atoms with Crippen LogP contribution < -0.4 is 16.0 Å². The molecule has 1 aliphatic heterocycles. The van der Waals surface area contributed by atoms with Crippen molar-refractivity contribution in [2.45, 2.75) is 18.6 Å². The summed E-state index contributed by atoms with van der Waals surface area (Å²) in [5.41, 5.74) is 5.23. The molecule has 4 N–H and O–H groups in total. The van der Waals surface area contributed by atoms with Gasteiger partial charge in [-0.2, -0.15) is 0 Å². The number of hydrogen-bond donors (Lipinski definition) is 3. The maximum atomic E-state index is 13.3. The molecule has 2 atom stereocenters. The zero-order valence-corrected chi connectivity index (χ0v) is 17.6. The van der Waals surface area contributed by atoms with E-state index in [0.29, 0.717) is 28.0 Å². The van der Waals surface area contributed by atoms with E-state index in [-0.39, 0.29) is 19.0 Å². The number of fused-ring (bicyclic) bond motifs is 2. The van der Waals surface area contributed by atoms with Crippen molar-refractivity contribution in [3.8, 4) is 0 Å². The van der Waals surface area contributed by atoms with E-state index in [0.717, 1.165) is 5.39 Å². The maximum Gasteiger partial charge on any atom is 0.263 e. The average molecular weight is 448 g/mol. The summed E-state index contributed by atoms with van der Waals surface area (Å²) < 4.78 is 10.7.